The second-order valence-corrected chi connectivity index (χ2v) is 15.9. The molecule has 168 valence electrons. The van der Waals surface area contributed by atoms with Gasteiger partial charge in [-0.1, -0.05) is 63.6 Å². The summed E-state index contributed by atoms with van der Waals surface area (Å²) in [6, 6.07) is 14.7. The lowest BCUT2D eigenvalue weighted by atomic mass is 10.1. The van der Waals surface area contributed by atoms with Crippen molar-refractivity contribution in [2.24, 2.45) is 0 Å². The largest absolute Gasteiger partial charge is 0.417 e. The molecule has 0 aromatic heterocycles. The molecule has 0 aliphatic carbocycles. The summed E-state index contributed by atoms with van der Waals surface area (Å²) >= 11 is 1.80. The van der Waals surface area contributed by atoms with Crippen LogP contribution in [0.25, 0.3) is 0 Å². The second-order valence-electron chi connectivity index (χ2n) is 9.98. The minimum Gasteiger partial charge on any atom is -0.417 e. The van der Waals surface area contributed by atoms with Gasteiger partial charge in [-0.25, -0.2) is 0 Å². The van der Waals surface area contributed by atoms with Crippen LogP contribution < -0.4 is 4.90 Å². The Bertz CT molecular complexity index is 920. The highest BCUT2D eigenvalue weighted by Gasteiger charge is 2.36. The molecule has 2 aromatic rings. The Morgan fingerprint density at radius 1 is 0.968 bits per heavy atom. The van der Waals surface area contributed by atoms with Crippen LogP contribution in [0.2, 0.25) is 18.1 Å². The SMILES string of the molecule is CC(=O)c1ccc2c(c1)N(CCCCCCO[Si](C)(C)C(C)(C)C)c1ccccc1S2. The van der Waals surface area contributed by atoms with Gasteiger partial charge in [-0.2, -0.15) is 0 Å². The molecule has 0 saturated carbocycles. The van der Waals surface area contributed by atoms with Gasteiger partial charge in [-0.15, -0.1) is 0 Å². The number of hydrogen-bond acceptors (Lipinski definition) is 4. The molecule has 2 aromatic carbocycles. The van der Waals surface area contributed by atoms with Gasteiger partial charge in [0, 0.05) is 28.5 Å². The van der Waals surface area contributed by atoms with Crippen molar-refractivity contribution in [3.05, 3.63) is 48.0 Å². The first-order valence-corrected chi connectivity index (χ1v) is 15.2. The third kappa shape index (κ3) is 5.82. The van der Waals surface area contributed by atoms with Crippen LogP contribution in [-0.2, 0) is 4.43 Å². The van der Waals surface area contributed by atoms with Crippen LogP contribution >= 0.6 is 11.8 Å². The van der Waals surface area contributed by atoms with Crippen LogP contribution in [0.3, 0.4) is 0 Å². The van der Waals surface area contributed by atoms with Gasteiger partial charge in [0.05, 0.1) is 11.4 Å². The van der Waals surface area contributed by atoms with Gasteiger partial charge in [0.2, 0.25) is 0 Å². The number of hydrogen-bond donors (Lipinski definition) is 0. The Morgan fingerprint density at radius 2 is 1.65 bits per heavy atom. The van der Waals surface area contributed by atoms with Crippen LogP contribution in [0.5, 0.6) is 0 Å². The fourth-order valence-electron chi connectivity index (χ4n) is 3.56. The van der Waals surface area contributed by atoms with Crippen molar-refractivity contribution < 1.29 is 9.22 Å². The van der Waals surface area contributed by atoms with E-state index in [2.05, 4.69) is 75.2 Å². The molecule has 3 nitrogen and oxygen atoms in total. The summed E-state index contributed by atoms with van der Waals surface area (Å²) in [5.74, 6) is 0.119. The Kier molecular flexibility index (Phi) is 7.71. The zero-order chi connectivity index (χ0) is 22.6. The molecule has 0 saturated heterocycles. The molecular weight excluding hydrogens is 418 g/mol. The lowest BCUT2D eigenvalue weighted by Crippen LogP contribution is -2.40. The molecule has 0 spiro atoms. The van der Waals surface area contributed by atoms with Crippen molar-refractivity contribution in [1.29, 1.82) is 0 Å². The van der Waals surface area contributed by atoms with E-state index in [1.807, 2.05) is 6.07 Å². The number of benzene rings is 2. The van der Waals surface area contributed by atoms with E-state index in [1.54, 1.807) is 18.7 Å². The number of anilines is 2. The highest BCUT2D eigenvalue weighted by atomic mass is 32.2. The smallest absolute Gasteiger partial charge is 0.191 e. The Hall–Kier alpha value is -1.56. The quantitative estimate of drug-likeness (QED) is 0.217. The van der Waals surface area contributed by atoms with Crippen molar-refractivity contribution in [2.45, 2.75) is 81.3 Å². The van der Waals surface area contributed by atoms with Crippen LogP contribution in [0, 0.1) is 0 Å². The number of fused-ring (bicyclic) bond motifs is 2. The molecule has 0 atom stereocenters. The molecule has 1 aliphatic rings. The normalized spacial score (nSPS) is 13.7. The standard InChI is InChI=1S/C26H37NO2SSi/c1-20(28)21-15-16-25-23(19-21)27(22-13-9-10-14-24(22)30-25)17-11-7-8-12-18-29-31(5,6)26(2,3)4/h9-10,13-16,19H,7-8,11-12,17-18H2,1-6H3. The summed E-state index contributed by atoms with van der Waals surface area (Å²) in [5.41, 5.74) is 3.20. The Morgan fingerprint density at radius 3 is 2.35 bits per heavy atom. The van der Waals surface area contributed by atoms with Gasteiger partial charge >= 0.3 is 0 Å². The molecule has 31 heavy (non-hydrogen) atoms. The van der Waals surface area contributed by atoms with Gasteiger partial charge in [-0.05, 0) is 62.2 Å². The lowest BCUT2D eigenvalue weighted by molar-refractivity contribution is 0.101. The van der Waals surface area contributed by atoms with E-state index in [0.29, 0.717) is 0 Å². The van der Waals surface area contributed by atoms with E-state index in [9.17, 15) is 4.79 Å². The predicted octanol–water partition coefficient (Wildman–Crippen LogP) is 8.07. The number of rotatable bonds is 9. The van der Waals surface area contributed by atoms with Crippen molar-refractivity contribution in [3.63, 3.8) is 0 Å². The highest BCUT2D eigenvalue weighted by molar-refractivity contribution is 7.99. The molecule has 0 N–H and O–H groups in total. The molecule has 5 heteroatoms. The van der Waals surface area contributed by atoms with E-state index in [4.69, 9.17) is 4.43 Å². The van der Waals surface area contributed by atoms with E-state index in [1.165, 1.54) is 28.3 Å². The van der Waals surface area contributed by atoms with Gasteiger partial charge < -0.3 is 9.33 Å². The molecule has 1 heterocycles. The third-order valence-electron chi connectivity index (χ3n) is 6.58. The number of para-hydroxylation sites is 1. The van der Waals surface area contributed by atoms with E-state index >= 15 is 0 Å². The molecule has 0 fully saturated rings. The topological polar surface area (TPSA) is 29.5 Å². The number of carbonyl (C=O) groups excluding carboxylic acids is 1. The molecular formula is C26H37NO2SSi. The molecule has 0 unspecified atom stereocenters. The minimum absolute atomic E-state index is 0.119. The minimum atomic E-state index is -1.63. The summed E-state index contributed by atoms with van der Waals surface area (Å²) in [4.78, 5) is 16.9. The first-order chi connectivity index (χ1) is 14.6. The zero-order valence-electron chi connectivity index (χ0n) is 20.0. The molecule has 0 radical (unpaired) electrons. The van der Waals surface area contributed by atoms with E-state index in [0.717, 1.165) is 37.2 Å². The highest BCUT2D eigenvalue weighted by Crippen LogP contribution is 2.48. The fraction of sp³-hybridized carbons (Fsp3) is 0.500. The fourth-order valence-corrected chi connectivity index (χ4v) is 5.72. The average Bonchev–Trinajstić information content (AvgIpc) is 2.71. The summed E-state index contributed by atoms with van der Waals surface area (Å²) < 4.78 is 6.31. The van der Waals surface area contributed by atoms with Gasteiger partial charge in [-0.3, -0.25) is 4.79 Å². The van der Waals surface area contributed by atoms with Crippen LogP contribution in [-0.4, -0.2) is 27.3 Å². The number of unbranched alkanes of at least 4 members (excludes halogenated alkanes) is 3. The van der Waals surface area contributed by atoms with Gasteiger partial charge in [0.25, 0.3) is 0 Å². The molecule has 0 bridgehead atoms. The van der Waals surface area contributed by atoms with E-state index in [-0.39, 0.29) is 10.8 Å². The second kappa shape index (κ2) is 9.93. The lowest BCUT2D eigenvalue weighted by Gasteiger charge is -2.36. The first-order valence-electron chi connectivity index (χ1n) is 11.4. The summed E-state index contributed by atoms with van der Waals surface area (Å²) in [6.07, 6.45) is 4.64. The molecule has 3 rings (SSSR count). The average molecular weight is 456 g/mol. The van der Waals surface area contributed by atoms with Crippen LogP contribution in [0.15, 0.2) is 52.3 Å². The Balaban J connectivity index is 1.58. The maximum atomic E-state index is 11.9. The molecule has 0 amide bonds. The van der Waals surface area contributed by atoms with E-state index < -0.39 is 8.32 Å². The summed E-state index contributed by atoms with van der Waals surface area (Å²) in [6.45, 7) is 15.0. The number of Topliss-reactive ketones (excluding diaryl/α,β-unsaturated/α-hetero) is 1. The van der Waals surface area contributed by atoms with Crippen molar-refractivity contribution in [1.82, 2.24) is 0 Å². The van der Waals surface area contributed by atoms with Crippen LogP contribution in [0.4, 0.5) is 11.4 Å². The van der Waals surface area contributed by atoms with Crippen molar-refractivity contribution >= 4 is 37.2 Å². The Labute approximate surface area is 193 Å². The van der Waals surface area contributed by atoms with Gasteiger partial charge in [0.1, 0.15) is 0 Å². The summed E-state index contributed by atoms with van der Waals surface area (Å²) in [7, 11) is -1.63. The van der Waals surface area contributed by atoms with Crippen molar-refractivity contribution in [2.75, 3.05) is 18.1 Å². The van der Waals surface area contributed by atoms with Crippen LogP contribution in [0.1, 0.15) is 63.7 Å². The number of carbonyl (C=O) groups is 1. The number of nitrogens with zero attached hydrogens (tertiary/aromatic N) is 1. The predicted molar refractivity (Wildman–Crippen MR) is 136 cm³/mol. The third-order valence-corrected chi connectivity index (χ3v) is 12.2. The maximum Gasteiger partial charge on any atom is 0.191 e. The zero-order valence-corrected chi connectivity index (χ0v) is 21.8. The monoisotopic (exact) mass is 455 g/mol. The van der Waals surface area contributed by atoms with Crippen molar-refractivity contribution in [3.8, 4) is 0 Å². The summed E-state index contributed by atoms with van der Waals surface area (Å²) in [5, 5.41) is 0.277. The molecule has 1 aliphatic heterocycles. The first kappa shape index (κ1) is 24.1. The van der Waals surface area contributed by atoms with Gasteiger partial charge in [0.15, 0.2) is 14.1 Å². The maximum absolute atomic E-state index is 11.9. The number of ketones is 1.